The second-order valence-corrected chi connectivity index (χ2v) is 29.1. The number of likely N-dealkylation sites (tertiary alicyclic amines) is 2. The summed E-state index contributed by atoms with van der Waals surface area (Å²) in [7, 11) is 0. The molecule has 0 N–H and O–H groups in total. The number of pyridine rings is 2. The molecule has 7 heterocycles. The number of carbonyl (C=O) groups is 4. The Morgan fingerprint density at radius 1 is 0.596 bits per heavy atom. The van der Waals surface area contributed by atoms with E-state index in [1.807, 2.05) is 166 Å². The third-order valence-corrected chi connectivity index (χ3v) is 20.8. The molecule has 0 spiro atoms. The Bertz CT molecular complexity index is 3390. The number of benzene rings is 2. The van der Waals surface area contributed by atoms with Crippen molar-refractivity contribution in [2.45, 2.75) is 210 Å². The highest BCUT2D eigenvalue weighted by atomic mass is 35.5. The summed E-state index contributed by atoms with van der Waals surface area (Å²) in [5.41, 5.74) is 11.6. The molecular formula is C73H96ClN5O8S2. The highest BCUT2D eigenvalue weighted by molar-refractivity contribution is 7.13. The van der Waals surface area contributed by atoms with Gasteiger partial charge >= 0.3 is 12.2 Å². The van der Waals surface area contributed by atoms with Gasteiger partial charge in [-0.25, -0.2) is 19.6 Å². The van der Waals surface area contributed by atoms with Crippen molar-refractivity contribution in [3.63, 3.8) is 0 Å². The molecule has 0 bridgehead atoms. The van der Waals surface area contributed by atoms with E-state index in [9.17, 15) is 19.2 Å². The second kappa shape index (κ2) is 30.7. The number of piperidine rings is 2. The van der Waals surface area contributed by atoms with Gasteiger partial charge in [0.2, 0.25) is 11.8 Å². The van der Waals surface area contributed by atoms with Crippen molar-refractivity contribution in [1.29, 1.82) is 0 Å². The fraction of sp³-hybridized carbons (Fsp3) is 0.534. The number of aryl methyl sites for hydroxylation is 5. The first-order valence-corrected chi connectivity index (χ1v) is 34.4. The number of hydrogen-bond donors (Lipinski definition) is 0. The number of fused-ring (bicyclic) bond motifs is 2. The van der Waals surface area contributed by atoms with Crippen LogP contribution in [0.5, 0.6) is 11.8 Å². The van der Waals surface area contributed by atoms with Crippen LogP contribution in [-0.4, -0.2) is 92.5 Å². The molecule has 3 aliphatic heterocycles. The van der Waals surface area contributed by atoms with Gasteiger partial charge < -0.3 is 33.6 Å². The molecule has 3 amide bonds. The number of hydrogen-bond acceptors (Lipinski definition) is 12. The van der Waals surface area contributed by atoms with Crippen LogP contribution in [0.2, 0.25) is 0 Å². The Labute approximate surface area is 543 Å². The Morgan fingerprint density at radius 3 is 1.45 bits per heavy atom. The van der Waals surface area contributed by atoms with Gasteiger partial charge in [0.1, 0.15) is 24.4 Å². The maximum atomic E-state index is 14.1. The molecule has 89 heavy (non-hydrogen) atoms. The number of halogens is 1. The normalized spacial score (nSPS) is 16.3. The molecule has 13 nitrogen and oxygen atoms in total. The number of ketones is 1. The molecule has 0 unspecified atom stereocenters. The van der Waals surface area contributed by atoms with Gasteiger partial charge in [-0.2, -0.15) is 0 Å². The van der Waals surface area contributed by atoms with Crippen LogP contribution in [0.1, 0.15) is 215 Å². The zero-order valence-corrected chi connectivity index (χ0v) is 57.8. The van der Waals surface area contributed by atoms with Crippen LogP contribution in [-0.2, 0) is 48.0 Å². The third kappa shape index (κ3) is 17.8. The molecule has 2 aromatic carbocycles. The average molecular weight is 1270 g/mol. The predicted molar refractivity (Wildman–Crippen MR) is 359 cm³/mol. The van der Waals surface area contributed by atoms with Gasteiger partial charge in [-0.05, 0) is 204 Å². The van der Waals surface area contributed by atoms with Crippen molar-refractivity contribution < 1.29 is 38.1 Å². The molecule has 2 atom stereocenters. The van der Waals surface area contributed by atoms with Crippen LogP contribution in [0.25, 0.3) is 0 Å². The number of nitrogens with zero attached hydrogens (tertiary/aromatic N) is 5. The quantitative estimate of drug-likeness (QED) is 0.0913. The van der Waals surface area contributed by atoms with Gasteiger partial charge in [-0.15, -0.1) is 34.3 Å². The number of aromatic nitrogens is 2. The minimum absolute atomic E-state index is 0.106. The van der Waals surface area contributed by atoms with Crippen LogP contribution in [0, 0.1) is 53.4 Å². The lowest BCUT2D eigenvalue weighted by atomic mass is 9.80. The molecule has 16 heteroatoms. The monoisotopic (exact) mass is 1270 g/mol. The molecule has 4 aromatic heterocycles. The zero-order valence-electron chi connectivity index (χ0n) is 55.4. The Morgan fingerprint density at radius 2 is 1.02 bits per heavy atom. The van der Waals surface area contributed by atoms with E-state index >= 15 is 0 Å². The molecule has 1 aliphatic carbocycles. The van der Waals surface area contributed by atoms with Gasteiger partial charge in [-0.3, -0.25) is 9.59 Å². The topological polar surface area (TPSA) is 141 Å². The van der Waals surface area contributed by atoms with E-state index in [1.165, 1.54) is 25.1 Å². The lowest BCUT2D eigenvalue weighted by molar-refractivity contribution is 0.0163. The number of alkyl halides is 1. The zero-order chi connectivity index (χ0) is 64.3. The molecule has 4 aliphatic rings. The minimum Gasteiger partial charge on any atom is -0.473 e. The number of ether oxygens (including phenoxy) is 4. The first-order chi connectivity index (χ1) is 42.4. The first-order valence-electron chi connectivity index (χ1n) is 32.2. The van der Waals surface area contributed by atoms with E-state index in [-0.39, 0.29) is 18.1 Å². The maximum absolute atomic E-state index is 14.1. The highest BCUT2D eigenvalue weighted by Crippen LogP contribution is 2.46. The van der Waals surface area contributed by atoms with Crippen LogP contribution < -0.4 is 9.47 Å². The molecule has 2 fully saturated rings. The average Bonchev–Trinajstić information content (AvgIpc) is 1.84. The van der Waals surface area contributed by atoms with Crippen molar-refractivity contribution in [1.82, 2.24) is 24.7 Å². The lowest BCUT2D eigenvalue weighted by Gasteiger charge is -2.36. The standard InChI is InChI=1S/C36H47N3O4S.C22H33NO3S.C15H16ClNO/c1-8-28(27-14-17-38(18-15-27)35(41)43-36(5,6)7)32-25(4)31-30(44-32)16-19-39(34(31)40)21-29-23(2)20-24(3)37-33(29)42-22-26-12-10-9-11-13-26;1-6-16(20-14(2)19-17(24)8-7-9-18(19)27-20)15-10-12-23(13-11-15)21(25)26-22(3,4)5;1-11-8-12(2)17-15(14(11)9-16)18-10-13-6-4-3-5-7-13/h9-13,20,27-28H,8,14-19,21-22H2,1-7H3;15-16H,6-13H2,1-5H3;3-8H,9-10H2,1-2H3/t28-;16-;/m11./s1. The summed E-state index contributed by atoms with van der Waals surface area (Å²) in [6.07, 6.45) is 9.23. The smallest absolute Gasteiger partial charge is 0.410 e. The molecule has 10 rings (SSSR count). The van der Waals surface area contributed by atoms with E-state index in [0.29, 0.717) is 92.9 Å². The van der Waals surface area contributed by atoms with Crippen LogP contribution in [0.4, 0.5) is 9.59 Å². The molecule has 0 saturated carbocycles. The van der Waals surface area contributed by atoms with Crippen LogP contribution >= 0.6 is 34.3 Å². The van der Waals surface area contributed by atoms with Crippen LogP contribution in [0.15, 0.2) is 72.8 Å². The number of carbonyl (C=O) groups excluding carboxylic acids is 4. The third-order valence-electron chi connectivity index (χ3n) is 17.6. The van der Waals surface area contributed by atoms with E-state index in [4.69, 9.17) is 35.5 Å². The number of amides is 3. The molecular weight excluding hydrogens is 1170 g/mol. The minimum atomic E-state index is -0.487. The second-order valence-electron chi connectivity index (χ2n) is 26.6. The summed E-state index contributed by atoms with van der Waals surface area (Å²) in [4.78, 5) is 71.5. The molecule has 6 aromatic rings. The van der Waals surface area contributed by atoms with Crippen molar-refractivity contribution in [2.24, 2.45) is 11.8 Å². The van der Waals surface area contributed by atoms with Gasteiger partial charge in [0, 0.05) is 93.2 Å². The number of rotatable bonds is 15. The van der Waals surface area contributed by atoms with E-state index in [1.54, 1.807) is 0 Å². The summed E-state index contributed by atoms with van der Waals surface area (Å²) in [5.74, 6) is 4.05. The first kappa shape index (κ1) is 68.6. The summed E-state index contributed by atoms with van der Waals surface area (Å²) in [6.45, 7) is 33.4. The van der Waals surface area contributed by atoms with E-state index in [2.05, 4.69) is 45.7 Å². The van der Waals surface area contributed by atoms with Gasteiger partial charge in [-0.1, -0.05) is 74.5 Å². The largest absolute Gasteiger partial charge is 0.473 e. The Balaban J connectivity index is 0.000000192. The summed E-state index contributed by atoms with van der Waals surface area (Å²) < 4.78 is 23.2. The molecule has 480 valence electrons. The maximum Gasteiger partial charge on any atom is 0.410 e. The number of thiophene rings is 2. The summed E-state index contributed by atoms with van der Waals surface area (Å²) in [5, 5.41) is 0. The Hall–Kier alpha value is -6.29. The summed E-state index contributed by atoms with van der Waals surface area (Å²) >= 11 is 9.67. The van der Waals surface area contributed by atoms with Gasteiger partial charge in [0.25, 0.3) is 5.91 Å². The predicted octanol–water partition coefficient (Wildman–Crippen LogP) is 17.7. The summed E-state index contributed by atoms with van der Waals surface area (Å²) in [6, 6.07) is 24.2. The fourth-order valence-corrected chi connectivity index (χ4v) is 16.6. The van der Waals surface area contributed by atoms with Crippen molar-refractivity contribution >= 4 is 58.2 Å². The fourth-order valence-electron chi connectivity index (χ4n) is 13.1. The lowest BCUT2D eigenvalue weighted by Crippen LogP contribution is -2.42. The van der Waals surface area contributed by atoms with Crippen LogP contribution in [0.3, 0.4) is 0 Å². The van der Waals surface area contributed by atoms with E-state index < -0.39 is 11.2 Å². The molecule has 0 radical (unpaired) electrons. The molecule has 2 saturated heterocycles. The van der Waals surface area contributed by atoms with Crippen molar-refractivity contribution in [2.75, 3.05) is 32.7 Å². The van der Waals surface area contributed by atoms with Gasteiger partial charge in [0.05, 0.1) is 18.0 Å². The van der Waals surface area contributed by atoms with Crippen molar-refractivity contribution in [3.05, 3.63) is 159 Å². The SMILES string of the molecule is CC[C@@H](c1sc2c(c1C)C(=O)CCC2)C1CCN(C(=O)OC(C)(C)C)CC1.CC[C@@H](c1sc2c(c1C)C(=O)N(Cc1c(C)cc(C)nc1OCc1ccccc1)CC2)C1CCN(C(=O)OC(C)(C)C)CC1.Cc1cc(C)c(CCl)c(OCc2ccccc2)n1. The number of Topliss-reactive ketones (excluding diaryl/α,β-unsaturated/α-hetero) is 1. The van der Waals surface area contributed by atoms with E-state index in [0.717, 1.165) is 132 Å². The van der Waals surface area contributed by atoms with Crippen molar-refractivity contribution in [3.8, 4) is 11.8 Å². The van der Waals surface area contributed by atoms with Gasteiger partial charge in [0.15, 0.2) is 5.78 Å². The Kier molecular flexibility index (Phi) is 23.7. The highest BCUT2D eigenvalue weighted by Gasteiger charge is 2.38.